The Morgan fingerprint density at radius 3 is 1.74 bits per heavy atom. The molecule has 2 amide bonds. The summed E-state index contributed by atoms with van der Waals surface area (Å²) in [6.45, 7) is 3.86. The standard InChI is InChI=1S/C20H20Cl2N2O3/c1-13-3-5-14(6-4-13)19(25)23-7-9-24(10-8-23)20(26)15-11-16(21)18(27-2)17(22)12-15/h3-6,11-12H,7-10H2,1-2H3. The van der Waals surface area contributed by atoms with Crippen molar-refractivity contribution < 1.29 is 14.3 Å². The third-order valence-corrected chi connectivity index (χ3v) is 5.16. The van der Waals surface area contributed by atoms with Crippen LogP contribution >= 0.6 is 23.2 Å². The normalized spacial score (nSPS) is 14.2. The van der Waals surface area contributed by atoms with Crippen LogP contribution in [0.15, 0.2) is 36.4 Å². The van der Waals surface area contributed by atoms with E-state index in [1.807, 2.05) is 31.2 Å². The number of carbonyl (C=O) groups is 2. The summed E-state index contributed by atoms with van der Waals surface area (Å²) >= 11 is 12.3. The maximum Gasteiger partial charge on any atom is 0.254 e. The van der Waals surface area contributed by atoms with E-state index in [2.05, 4.69) is 0 Å². The fourth-order valence-corrected chi connectivity index (χ4v) is 3.69. The third-order valence-electron chi connectivity index (χ3n) is 4.60. The lowest BCUT2D eigenvalue weighted by atomic mass is 10.1. The minimum atomic E-state index is -0.163. The van der Waals surface area contributed by atoms with Crippen molar-refractivity contribution in [1.29, 1.82) is 0 Å². The lowest BCUT2D eigenvalue weighted by molar-refractivity contribution is 0.0535. The van der Waals surface area contributed by atoms with Gasteiger partial charge in [0.1, 0.15) is 0 Å². The molecular formula is C20H20Cl2N2O3. The van der Waals surface area contributed by atoms with Crippen LogP contribution in [0.2, 0.25) is 10.0 Å². The lowest BCUT2D eigenvalue weighted by Crippen LogP contribution is -2.50. The van der Waals surface area contributed by atoms with E-state index in [1.165, 1.54) is 7.11 Å². The zero-order chi connectivity index (χ0) is 19.6. The van der Waals surface area contributed by atoms with Crippen LogP contribution in [0.25, 0.3) is 0 Å². The van der Waals surface area contributed by atoms with Gasteiger partial charge in [0.25, 0.3) is 11.8 Å². The van der Waals surface area contributed by atoms with Crippen LogP contribution < -0.4 is 4.74 Å². The summed E-state index contributed by atoms with van der Waals surface area (Å²) in [7, 11) is 1.47. The highest BCUT2D eigenvalue weighted by molar-refractivity contribution is 6.37. The van der Waals surface area contributed by atoms with Gasteiger partial charge in [0.15, 0.2) is 5.75 Å². The van der Waals surface area contributed by atoms with Crippen LogP contribution in [0.5, 0.6) is 5.75 Å². The summed E-state index contributed by atoms with van der Waals surface area (Å²) in [5.41, 5.74) is 2.18. The Morgan fingerprint density at radius 1 is 0.852 bits per heavy atom. The summed E-state index contributed by atoms with van der Waals surface area (Å²) in [6.07, 6.45) is 0. The van der Waals surface area contributed by atoms with Gasteiger partial charge in [-0.1, -0.05) is 40.9 Å². The summed E-state index contributed by atoms with van der Waals surface area (Å²) in [5.74, 6) is 0.171. The first kappa shape index (κ1) is 19.5. The van der Waals surface area contributed by atoms with Gasteiger partial charge >= 0.3 is 0 Å². The monoisotopic (exact) mass is 406 g/mol. The number of hydrogen-bond donors (Lipinski definition) is 0. The molecule has 142 valence electrons. The summed E-state index contributed by atoms with van der Waals surface area (Å²) in [5, 5.41) is 0.586. The predicted octanol–water partition coefficient (Wildman–Crippen LogP) is 3.91. The molecule has 0 unspecified atom stereocenters. The molecule has 2 aromatic rings. The molecule has 1 fully saturated rings. The second-order valence-corrected chi connectivity index (χ2v) is 7.24. The zero-order valence-corrected chi connectivity index (χ0v) is 16.7. The van der Waals surface area contributed by atoms with E-state index in [4.69, 9.17) is 27.9 Å². The molecule has 0 bridgehead atoms. The van der Waals surface area contributed by atoms with Crippen molar-refractivity contribution in [2.75, 3.05) is 33.3 Å². The SMILES string of the molecule is COc1c(Cl)cc(C(=O)N2CCN(C(=O)c3ccc(C)cc3)CC2)cc1Cl. The molecule has 27 heavy (non-hydrogen) atoms. The first-order chi connectivity index (χ1) is 12.9. The highest BCUT2D eigenvalue weighted by Gasteiger charge is 2.26. The Hall–Kier alpha value is -2.24. The smallest absolute Gasteiger partial charge is 0.254 e. The molecule has 1 aliphatic heterocycles. The average molecular weight is 407 g/mol. The minimum Gasteiger partial charge on any atom is -0.494 e. The largest absolute Gasteiger partial charge is 0.494 e. The predicted molar refractivity (Wildman–Crippen MR) is 106 cm³/mol. The van der Waals surface area contributed by atoms with Gasteiger partial charge in [-0.2, -0.15) is 0 Å². The number of nitrogens with zero attached hydrogens (tertiary/aromatic N) is 2. The number of amides is 2. The lowest BCUT2D eigenvalue weighted by Gasteiger charge is -2.35. The Bertz CT molecular complexity index is 837. The van der Waals surface area contributed by atoms with E-state index in [9.17, 15) is 9.59 Å². The summed E-state index contributed by atoms with van der Waals surface area (Å²) in [4.78, 5) is 28.8. The van der Waals surface area contributed by atoms with Crippen LogP contribution in [-0.2, 0) is 0 Å². The van der Waals surface area contributed by atoms with Crippen LogP contribution in [0.1, 0.15) is 26.3 Å². The first-order valence-electron chi connectivity index (χ1n) is 8.59. The van der Waals surface area contributed by atoms with Crippen molar-refractivity contribution in [3.05, 3.63) is 63.1 Å². The Balaban J connectivity index is 1.66. The topological polar surface area (TPSA) is 49.9 Å². The Labute approximate surface area is 168 Å². The van der Waals surface area contributed by atoms with Gasteiger partial charge in [0.05, 0.1) is 17.2 Å². The average Bonchev–Trinajstić information content (AvgIpc) is 2.67. The number of rotatable bonds is 3. The third kappa shape index (κ3) is 4.20. The van der Waals surface area contributed by atoms with Crippen LogP contribution in [0.4, 0.5) is 0 Å². The molecular weight excluding hydrogens is 387 g/mol. The molecule has 5 nitrogen and oxygen atoms in total. The molecule has 0 atom stereocenters. The van der Waals surface area contributed by atoms with Gasteiger partial charge < -0.3 is 14.5 Å². The fraction of sp³-hybridized carbons (Fsp3) is 0.300. The fourth-order valence-electron chi connectivity index (χ4n) is 3.05. The molecule has 7 heteroatoms. The Morgan fingerprint density at radius 2 is 1.30 bits per heavy atom. The number of ether oxygens (including phenoxy) is 1. The van der Waals surface area contributed by atoms with Crippen molar-refractivity contribution in [3.63, 3.8) is 0 Å². The zero-order valence-electron chi connectivity index (χ0n) is 15.2. The van der Waals surface area contributed by atoms with E-state index >= 15 is 0 Å². The molecule has 1 saturated heterocycles. The highest BCUT2D eigenvalue weighted by Crippen LogP contribution is 2.34. The molecule has 0 aliphatic carbocycles. The molecule has 0 saturated carbocycles. The van der Waals surface area contributed by atoms with Crippen molar-refractivity contribution in [2.45, 2.75) is 6.92 Å². The molecule has 1 aliphatic rings. The molecule has 0 aromatic heterocycles. The number of piperazine rings is 1. The molecule has 0 spiro atoms. The molecule has 1 heterocycles. The van der Waals surface area contributed by atoms with E-state index in [0.717, 1.165) is 5.56 Å². The van der Waals surface area contributed by atoms with E-state index < -0.39 is 0 Å². The molecule has 3 rings (SSSR count). The van der Waals surface area contributed by atoms with E-state index in [1.54, 1.807) is 21.9 Å². The van der Waals surface area contributed by atoms with E-state index in [0.29, 0.717) is 53.1 Å². The number of halogens is 2. The van der Waals surface area contributed by atoms with Crippen LogP contribution in [-0.4, -0.2) is 54.9 Å². The quantitative estimate of drug-likeness (QED) is 0.776. The van der Waals surface area contributed by atoms with Crippen LogP contribution in [0.3, 0.4) is 0 Å². The van der Waals surface area contributed by atoms with E-state index in [-0.39, 0.29) is 11.8 Å². The minimum absolute atomic E-state index is 0.0161. The number of methoxy groups -OCH3 is 1. The van der Waals surface area contributed by atoms with Gasteiger partial charge in [-0.15, -0.1) is 0 Å². The van der Waals surface area contributed by atoms with Gasteiger partial charge in [0, 0.05) is 37.3 Å². The number of aryl methyl sites for hydroxylation is 1. The number of carbonyl (C=O) groups excluding carboxylic acids is 2. The van der Waals surface area contributed by atoms with Crippen molar-refractivity contribution >= 4 is 35.0 Å². The van der Waals surface area contributed by atoms with Crippen LogP contribution in [0, 0.1) is 6.92 Å². The second-order valence-electron chi connectivity index (χ2n) is 6.42. The van der Waals surface area contributed by atoms with Gasteiger partial charge in [-0.05, 0) is 31.2 Å². The molecule has 0 radical (unpaired) electrons. The van der Waals surface area contributed by atoms with Gasteiger partial charge in [-0.3, -0.25) is 9.59 Å². The summed E-state index contributed by atoms with van der Waals surface area (Å²) in [6, 6.07) is 10.6. The maximum absolute atomic E-state index is 12.8. The van der Waals surface area contributed by atoms with Gasteiger partial charge in [-0.25, -0.2) is 0 Å². The molecule has 0 N–H and O–H groups in total. The van der Waals surface area contributed by atoms with Crippen molar-refractivity contribution in [2.24, 2.45) is 0 Å². The molecule has 2 aromatic carbocycles. The number of benzene rings is 2. The van der Waals surface area contributed by atoms with Gasteiger partial charge in [0.2, 0.25) is 0 Å². The highest BCUT2D eigenvalue weighted by atomic mass is 35.5. The Kier molecular flexibility index (Phi) is 5.92. The number of hydrogen-bond acceptors (Lipinski definition) is 3. The second kappa shape index (κ2) is 8.19. The first-order valence-corrected chi connectivity index (χ1v) is 9.34. The summed E-state index contributed by atoms with van der Waals surface area (Å²) < 4.78 is 5.11. The van der Waals surface area contributed by atoms with Crippen molar-refractivity contribution in [1.82, 2.24) is 9.80 Å². The van der Waals surface area contributed by atoms with Crippen molar-refractivity contribution in [3.8, 4) is 5.75 Å². The maximum atomic E-state index is 12.8.